The lowest BCUT2D eigenvalue weighted by Crippen LogP contribution is -2.34. The van der Waals surface area contributed by atoms with E-state index in [1.807, 2.05) is 0 Å². The molecule has 0 amide bonds. The van der Waals surface area contributed by atoms with Crippen LogP contribution in [0.1, 0.15) is 24.8 Å². The molecule has 2 unspecified atom stereocenters. The van der Waals surface area contributed by atoms with Gasteiger partial charge in [0.05, 0.1) is 0 Å². The zero-order chi connectivity index (χ0) is 10.8. The fraction of sp³-hybridized carbons (Fsp3) is 0.571. The number of benzene rings is 1. The summed E-state index contributed by atoms with van der Waals surface area (Å²) >= 11 is 0. The second-order valence-electron chi connectivity index (χ2n) is 5.15. The molecule has 4 heteroatoms. The van der Waals surface area contributed by atoms with Gasteiger partial charge in [0.25, 0.3) is 0 Å². The van der Waals surface area contributed by atoms with Gasteiger partial charge in [-0.2, -0.15) is 0 Å². The largest absolute Gasteiger partial charge is 0.310 e. The average Bonchev–Trinajstić information content (AvgIpc) is 2.64. The molecule has 0 radical (unpaired) electrons. The minimum absolute atomic E-state index is 0. The normalized spacial score (nSPS) is 26.9. The maximum Gasteiger partial charge on any atom is 0.0234 e. The molecular formula is C14H22Cl2N2. The summed E-state index contributed by atoms with van der Waals surface area (Å²) in [5.41, 5.74) is 1.44. The van der Waals surface area contributed by atoms with Gasteiger partial charge in [0, 0.05) is 31.7 Å². The van der Waals surface area contributed by atoms with Gasteiger partial charge in [0.1, 0.15) is 0 Å². The van der Waals surface area contributed by atoms with Crippen LogP contribution in [0.4, 0.5) is 0 Å². The topological polar surface area (TPSA) is 15.3 Å². The van der Waals surface area contributed by atoms with Gasteiger partial charge < -0.3 is 5.32 Å². The smallest absolute Gasteiger partial charge is 0.0234 e. The average molecular weight is 289 g/mol. The molecule has 1 aromatic rings. The highest BCUT2D eigenvalue weighted by Gasteiger charge is 2.28. The second-order valence-corrected chi connectivity index (χ2v) is 5.15. The molecule has 0 aliphatic carbocycles. The number of nitrogens with zero attached hydrogens (tertiary/aromatic N) is 1. The summed E-state index contributed by atoms with van der Waals surface area (Å²) in [6.45, 7) is 3.60. The summed E-state index contributed by atoms with van der Waals surface area (Å²) < 4.78 is 0. The van der Waals surface area contributed by atoms with Crippen LogP contribution in [0.15, 0.2) is 30.3 Å². The molecule has 0 spiro atoms. The van der Waals surface area contributed by atoms with Crippen molar-refractivity contribution in [2.24, 2.45) is 0 Å². The first-order chi connectivity index (χ1) is 7.90. The molecule has 2 aliphatic rings. The summed E-state index contributed by atoms with van der Waals surface area (Å²) in [4.78, 5) is 2.60. The van der Waals surface area contributed by atoms with Gasteiger partial charge in [-0.3, -0.25) is 4.90 Å². The predicted octanol–water partition coefficient (Wildman–Crippen LogP) is 2.86. The van der Waals surface area contributed by atoms with Crippen LogP contribution in [-0.4, -0.2) is 30.1 Å². The molecular weight excluding hydrogens is 267 g/mol. The van der Waals surface area contributed by atoms with Crippen LogP contribution in [0.5, 0.6) is 0 Å². The van der Waals surface area contributed by atoms with Crippen molar-refractivity contribution in [1.29, 1.82) is 0 Å². The summed E-state index contributed by atoms with van der Waals surface area (Å²) in [7, 11) is 0. The Morgan fingerprint density at radius 2 is 1.72 bits per heavy atom. The van der Waals surface area contributed by atoms with Gasteiger partial charge in [0.2, 0.25) is 0 Å². The van der Waals surface area contributed by atoms with Crippen molar-refractivity contribution in [2.75, 3.05) is 13.1 Å². The molecule has 3 rings (SSSR count). The Labute approximate surface area is 122 Å². The van der Waals surface area contributed by atoms with E-state index in [0.717, 1.165) is 18.6 Å². The Hall–Kier alpha value is -0.280. The third-order valence-electron chi connectivity index (χ3n) is 3.86. The number of nitrogens with one attached hydrogen (secondary N) is 1. The highest BCUT2D eigenvalue weighted by Crippen LogP contribution is 2.21. The summed E-state index contributed by atoms with van der Waals surface area (Å²) in [6.07, 6.45) is 4.09. The molecule has 2 saturated heterocycles. The molecule has 2 fully saturated rings. The number of hydrogen-bond acceptors (Lipinski definition) is 2. The fourth-order valence-corrected chi connectivity index (χ4v) is 3.00. The number of fused-ring (bicyclic) bond motifs is 2. The van der Waals surface area contributed by atoms with Gasteiger partial charge >= 0.3 is 0 Å². The van der Waals surface area contributed by atoms with Crippen molar-refractivity contribution in [1.82, 2.24) is 10.2 Å². The van der Waals surface area contributed by atoms with Gasteiger partial charge in [-0.05, 0) is 24.8 Å². The van der Waals surface area contributed by atoms with Crippen LogP contribution in [-0.2, 0) is 6.54 Å². The molecule has 2 bridgehead atoms. The minimum atomic E-state index is 0. The first-order valence-electron chi connectivity index (χ1n) is 6.42. The minimum Gasteiger partial charge on any atom is -0.310 e. The van der Waals surface area contributed by atoms with E-state index in [1.54, 1.807) is 0 Å². The highest BCUT2D eigenvalue weighted by molar-refractivity contribution is 5.85. The number of likely N-dealkylation sites (tertiary alicyclic amines) is 1. The Kier molecular flexibility index (Phi) is 6.44. The molecule has 0 aromatic heterocycles. The molecule has 0 saturated carbocycles. The lowest BCUT2D eigenvalue weighted by Gasteiger charge is -2.23. The third-order valence-corrected chi connectivity index (χ3v) is 3.86. The Morgan fingerprint density at radius 1 is 1.00 bits per heavy atom. The number of rotatable bonds is 2. The maximum absolute atomic E-state index is 3.73. The Morgan fingerprint density at radius 3 is 2.50 bits per heavy atom. The zero-order valence-electron chi connectivity index (χ0n) is 10.5. The zero-order valence-corrected chi connectivity index (χ0v) is 12.2. The van der Waals surface area contributed by atoms with Crippen LogP contribution in [0.2, 0.25) is 0 Å². The number of halogens is 2. The van der Waals surface area contributed by atoms with E-state index < -0.39 is 0 Å². The SMILES string of the molecule is Cl.Cl.c1ccc(CN2CCC3CCC(C2)N3)cc1. The molecule has 1 N–H and O–H groups in total. The van der Waals surface area contributed by atoms with Crippen LogP contribution < -0.4 is 5.32 Å². The van der Waals surface area contributed by atoms with E-state index in [9.17, 15) is 0 Å². The van der Waals surface area contributed by atoms with Crippen molar-refractivity contribution in [3.63, 3.8) is 0 Å². The summed E-state index contributed by atoms with van der Waals surface area (Å²) in [5.74, 6) is 0. The third kappa shape index (κ3) is 3.86. The van der Waals surface area contributed by atoms with Crippen molar-refractivity contribution in [3.8, 4) is 0 Å². The summed E-state index contributed by atoms with van der Waals surface area (Å²) in [5, 5.41) is 3.73. The van der Waals surface area contributed by atoms with Gasteiger partial charge in [-0.25, -0.2) is 0 Å². The lowest BCUT2D eigenvalue weighted by molar-refractivity contribution is 0.251. The molecule has 2 nitrogen and oxygen atoms in total. The van der Waals surface area contributed by atoms with Crippen LogP contribution in [0.25, 0.3) is 0 Å². The van der Waals surface area contributed by atoms with Gasteiger partial charge in [-0.1, -0.05) is 30.3 Å². The first kappa shape index (κ1) is 15.8. The first-order valence-corrected chi connectivity index (χ1v) is 6.42. The Balaban J connectivity index is 0.000000810. The van der Waals surface area contributed by atoms with Crippen molar-refractivity contribution >= 4 is 24.8 Å². The summed E-state index contributed by atoms with van der Waals surface area (Å²) in [6, 6.07) is 12.4. The quantitative estimate of drug-likeness (QED) is 0.900. The van der Waals surface area contributed by atoms with Crippen molar-refractivity contribution in [2.45, 2.75) is 37.9 Å². The molecule has 2 atom stereocenters. The van der Waals surface area contributed by atoms with E-state index in [-0.39, 0.29) is 24.8 Å². The van der Waals surface area contributed by atoms with Crippen LogP contribution in [0, 0.1) is 0 Å². The van der Waals surface area contributed by atoms with E-state index >= 15 is 0 Å². The molecule has 2 heterocycles. The maximum atomic E-state index is 3.73. The van der Waals surface area contributed by atoms with Crippen LogP contribution in [0.3, 0.4) is 0 Å². The lowest BCUT2D eigenvalue weighted by atomic mass is 10.1. The second kappa shape index (κ2) is 7.34. The number of hydrogen-bond donors (Lipinski definition) is 1. The predicted molar refractivity (Wildman–Crippen MR) is 80.8 cm³/mol. The Bertz CT molecular complexity index is 345. The van der Waals surface area contributed by atoms with Crippen LogP contribution >= 0.6 is 24.8 Å². The molecule has 1 aromatic carbocycles. The van der Waals surface area contributed by atoms with E-state index in [2.05, 4.69) is 40.5 Å². The molecule has 102 valence electrons. The van der Waals surface area contributed by atoms with Crippen molar-refractivity contribution in [3.05, 3.63) is 35.9 Å². The molecule has 18 heavy (non-hydrogen) atoms. The van der Waals surface area contributed by atoms with E-state index in [4.69, 9.17) is 0 Å². The highest BCUT2D eigenvalue weighted by atomic mass is 35.5. The fourth-order valence-electron chi connectivity index (χ4n) is 3.00. The monoisotopic (exact) mass is 288 g/mol. The van der Waals surface area contributed by atoms with Gasteiger partial charge in [-0.15, -0.1) is 24.8 Å². The van der Waals surface area contributed by atoms with E-state index in [0.29, 0.717) is 0 Å². The van der Waals surface area contributed by atoms with Gasteiger partial charge in [0.15, 0.2) is 0 Å². The molecule has 2 aliphatic heterocycles. The van der Waals surface area contributed by atoms with Crippen molar-refractivity contribution < 1.29 is 0 Å². The van der Waals surface area contributed by atoms with E-state index in [1.165, 1.54) is 37.9 Å². The standard InChI is InChI=1S/C14H20N2.2ClH/c1-2-4-12(5-3-1)10-16-9-8-13-6-7-14(11-16)15-13;;/h1-5,13-15H,6-11H2;2*1H.